The molecule has 9 nitrogen and oxygen atoms in total. The highest BCUT2D eigenvalue weighted by Gasteiger charge is 2.41. The number of nitrogen functional groups attached to an aromatic ring is 1. The second-order valence-electron chi connectivity index (χ2n) is 7.31. The summed E-state index contributed by atoms with van der Waals surface area (Å²) in [5.41, 5.74) is 7.14. The Morgan fingerprint density at radius 2 is 1.90 bits per heavy atom. The molecule has 1 saturated carbocycles. The highest BCUT2D eigenvalue weighted by atomic mass is 31.2. The van der Waals surface area contributed by atoms with Crippen molar-refractivity contribution < 1.29 is 18.3 Å². The molecule has 0 spiro atoms. The molecule has 0 radical (unpaired) electrons. The molecule has 1 aliphatic carbocycles. The van der Waals surface area contributed by atoms with E-state index in [1.54, 1.807) is 13.8 Å². The molecule has 162 valence electrons. The Labute approximate surface area is 171 Å². The van der Waals surface area contributed by atoms with E-state index in [4.69, 9.17) is 19.5 Å². The van der Waals surface area contributed by atoms with Gasteiger partial charge in [-0.15, -0.1) is 0 Å². The summed E-state index contributed by atoms with van der Waals surface area (Å²) in [5, 5.41) is 0. The van der Waals surface area contributed by atoms with Gasteiger partial charge in [0.05, 0.1) is 13.2 Å². The van der Waals surface area contributed by atoms with Gasteiger partial charge in [-0.05, 0) is 26.2 Å². The number of hydrogen-bond donors (Lipinski definition) is 1. The van der Waals surface area contributed by atoms with Gasteiger partial charge in [0.15, 0.2) is 22.8 Å². The Morgan fingerprint density at radius 3 is 2.52 bits per heavy atom. The van der Waals surface area contributed by atoms with Crippen LogP contribution in [0.25, 0.3) is 11.2 Å². The van der Waals surface area contributed by atoms with Crippen LogP contribution < -0.4 is 5.73 Å². The quantitative estimate of drug-likeness (QED) is 0.561. The minimum absolute atomic E-state index is 0.237. The molecule has 2 aromatic rings. The van der Waals surface area contributed by atoms with Gasteiger partial charge in [-0.2, -0.15) is 0 Å². The van der Waals surface area contributed by atoms with Crippen LogP contribution in [-0.2, 0) is 24.9 Å². The molecule has 2 heterocycles. The number of anilines is 1. The Kier molecular flexibility index (Phi) is 7.62. The molecular formula is C19H32N5O4P. The van der Waals surface area contributed by atoms with E-state index < -0.39 is 13.4 Å². The van der Waals surface area contributed by atoms with Crippen molar-refractivity contribution in [1.29, 1.82) is 0 Å². The minimum atomic E-state index is -3.60. The van der Waals surface area contributed by atoms with Crippen molar-refractivity contribution in [3.05, 3.63) is 12.2 Å². The molecule has 3 rings (SSSR count). The van der Waals surface area contributed by atoms with Gasteiger partial charge in [0.2, 0.25) is 5.85 Å². The fraction of sp³-hybridized carbons (Fsp3) is 0.737. The van der Waals surface area contributed by atoms with Crippen LogP contribution in [0, 0.1) is 5.92 Å². The van der Waals surface area contributed by atoms with E-state index in [1.165, 1.54) is 45.5 Å². The number of hydrogen-bond acceptors (Lipinski definition) is 8. The van der Waals surface area contributed by atoms with Crippen LogP contribution in [0.5, 0.6) is 0 Å². The summed E-state index contributed by atoms with van der Waals surface area (Å²) in [5.74, 6) is 0.433. The van der Waals surface area contributed by atoms with E-state index in [2.05, 4.69) is 15.0 Å². The number of ether oxygens (including phenoxy) is 1. The maximum absolute atomic E-state index is 13.5. The first-order valence-electron chi connectivity index (χ1n) is 10.4. The summed E-state index contributed by atoms with van der Waals surface area (Å²) in [6.45, 7) is 4.70. The highest BCUT2D eigenvalue weighted by Crippen LogP contribution is 2.61. The molecule has 2 N–H and O–H groups in total. The first kappa shape index (κ1) is 22.2. The van der Waals surface area contributed by atoms with Gasteiger partial charge in [-0.1, -0.05) is 32.1 Å². The minimum Gasteiger partial charge on any atom is -0.382 e. The van der Waals surface area contributed by atoms with Crippen molar-refractivity contribution >= 4 is 24.6 Å². The normalized spacial score (nSPS) is 17.1. The molecule has 0 bridgehead atoms. The van der Waals surface area contributed by atoms with Crippen LogP contribution in [0.3, 0.4) is 0 Å². The average molecular weight is 425 g/mol. The number of aryl methyl sites for hydroxylation is 1. The van der Waals surface area contributed by atoms with E-state index in [0.29, 0.717) is 29.5 Å². The van der Waals surface area contributed by atoms with Gasteiger partial charge < -0.3 is 24.1 Å². The van der Waals surface area contributed by atoms with Gasteiger partial charge in [0.1, 0.15) is 6.33 Å². The summed E-state index contributed by atoms with van der Waals surface area (Å²) in [6.07, 6.45) is 8.77. The third-order valence-corrected chi connectivity index (χ3v) is 7.68. The zero-order valence-corrected chi connectivity index (χ0v) is 18.4. The number of aromatic nitrogens is 4. The van der Waals surface area contributed by atoms with Gasteiger partial charge in [0, 0.05) is 13.7 Å². The SMILES string of the molecule is CCOP(=O)(OCC)C(OC)c1nc2c(N)ncnc2n1CCC1CCCCC1. The zero-order valence-electron chi connectivity index (χ0n) is 17.5. The number of rotatable bonds is 10. The lowest BCUT2D eigenvalue weighted by atomic mass is 9.87. The van der Waals surface area contributed by atoms with E-state index in [1.807, 2.05) is 4.57 Å². The van der Waals surface area contributed by atoms with E-state index in [0.717, 1.165) is 6.42 Å². The maximum Gasteiger partial charge on any atom is 0.366 e. The number of methoxy groups -OCH3 is 1. The fourth-order valence-corrected chi connectivity index (χ4v) is 5.88. The van der Waals surface area contributed by atoms with Crippen LogP contribution in [0.2, 0.25) is 0 Å². The van der Waals surface area contributed by atoms with E-state index in [-0.39, 0.29) is 19.0 Å². The van der Waals surface area contributed by atoms with Gasteiger partial charge in [-0.3, -0.25) is 4.57 Å². The number of imidazole rings is 1. The Balaban J connectivity index is 2.02. The maximum atomic E-state index is 13.5. The van der Waals surface area contributed by atoms with Crippen molar-refractivity contribution in [1.82, 2.24) is 19.5 Å². The Hall–Kier alpha value is -1.54. The van der Waals surface area contributed by atoms with Crippen molar-refractivity contribution in [3.63, 3.8) is 0 Å². The summed E-state index contributed by atoms with van der Waals surface area (Å²) in [6, 6.07) is 0. The van der Waals surface area contributed by atoms with Crippen molar-refractivity contribution in [3.8, 4) is 0 Å². The van der Waals surface area contributed by atoms with E-state index in [9.17, 15) is 4.57 Å². The number of fused-ring (bicyclic) bond motifs is 1. The zero-order chi connectivity index (χ0) is 20.9. The van der Waals surface area contributed by atoms with Gasteiger partial charge in [0.25, 0.3) is 0 Å². The first-order chi connectivity index (χ1) is 14.0. The summed E-state index contributed by atoms with van der Waals surface area (Å²) in [4.78, 5) is 13.1. The van der Waals surface area contributed by atoms with Crippen molar-refractivity contribution in [2.45, 2.75) is 64.8 Å². The van der Waals surface area contributed by atoms with Crippen LogP contribution in [0.1, 0.15) is 64.0 Å². The molecule has 0 amide bonds. The lowest BCUT2D eigenvalue weighted by Crippen LogP contribution is -2.17. The fourth-order valence-electron chi connectivity index (χ4n) is 4.08. The third-order valence-electron chi connectivity index (χ3n) is 5.42. The molecule has 1 fully saturated rings. The second-order valence-corrected chi connectivity index (χ2v) is 9.37. The first-order valence-corrected chi connectivity index (χ1v) is 12.0. The summed E-state index contributed by atoms with van der Waals surface area (Å²) in [7, 11) is -2.12. The smallest absolute Gasteiger partial charge is 0.366 e. The van der Waals surface area contributed by atoms with Crippen LogP contribution in [-0.4, -0.2) is 39.8 Å². The lowest BCUT2D eigenvalue weighted by molar-refractivity contribution is 0.102. The molecule has 1 unspecified atom stereocenters. The molecule has 0 aliphatic heterocycles. The lowest BCUT2D eigenvalue weighted by Gasteiger charge is -2.26. The molecule has 0 saturated heterocycles. The number of nitrogens with two attached hydrogens (primary N) is 1. The highest BCUT2D eigenvalue weighted by molar-refractivity contribution is 7.54. The third kappa shape index (κ3) is 4.79. The monoisotopic (exact) mass is 425 g/mol. The Bertz CT molecular complexity index is 842. The summed E-state index contributed by atoms with van der Waals surface area (Å²) < 4.78 is 32.1. The molecular weight excluding hydrogens is 393 g/mol. The van der Waals surface area contributed by atoms with Crippen LogP contribution >= 0.6 is 7.60 Å². The van der Waals surface area contributed by atoms with E-state index >= 15 is 0 Å². The average Bonchev–Trinajstić information content (AvgIpc) is 3.07. The topological polar surface area (TPSA) is 114 Å². The number of nitrogens with zero attached hydrogens (tertiary/aromatic N) is 4. The van der Waals surface area contributed by atoms with Gasteiger partial charge in [-0.25, -0.2) is 15.0 Å². The molecule has 1 aliphatic rings. The Morgan fingerprint density at radius 1 is 1.21 bits per heavy atom. The van der Waals surface area contributed by atoms with Gasteiger partial charge >= 0.3 is 7.60 Å². The summed E-state index contributed by atoms with van der Waals surface area (Å²) >= 11 is 0. The van der Waals surface area contributed by atoms with Crippen molar-refractivity contribution in [2.24, 2.45) is 5.92 Å². The van der Waals surface area contributed by atoms with Crippen LogP contribution in [0.15, 0.2) is 6.33 Å². The predicted molar refractivity (Wildman–Crippen MR) is 112 cm³/mol. The largest absolute Gasteiger partial charge is 0.382 e. The van der Waals surface area contributed by atoms with Crippen LogP contribution in [0.4, 0.5) is 5.82 Å². The second kappa shape index (κ2) is 9.98. The molecule has 1 atom stereocenters. The molecule has 0 aromatic carbocycles. The molecule has 10 heteroatoms. The standard InChI is InChI=1S/C19H32N5O4P/c1-4-27-29(25,28-5-2)19(26-3)18-23-15-16(20)21-13-22-17(15)24(18)12-11-14-9-7-6-8-10-14/h13-14,19H,4-12H2,1-3H3,(H2,20,21,22). The molecule has 29 heavy (non-hydrogen) atoms. The molecule has 2 aromatic heterocycles. The predicted octanol–water partition coefficient (Wildman–Crippen LogP) is 4.29. The van der Waals surface area contributed by atoms with Crippen molar-refractivity contribution in [2.75, 3.05) is 26.1 Å².